The van der Waals surface area contributed by atoms with Crippen LogP contribution in [0.1, 0.15) is 36.5 Å². The molecule has 1 amide bonds. The summed E-state index contributed by atoms with van der Waals surface area (Å²) in [5.41, 5.74) is 3.04. The third-order valence-electron chi connectivity index (χ3n) is 4.39. The summed E-state index contributed by atoms with van der Waals surface area (Å²) in [4.78, 5) is 27.2. The van der Waals surface area contributed by atoms with Crippen LogP contribution < -0.4 is 5.43 Å². The number of aryl methyl sites for hydroxylation is 1. The second-order valence-corrected chi connectivity index (χ2v) is 6.58. The number of hydrogen-bond donors (Lipinski definition) is 0. The summed E-state index contributed by atoms with van der Waals surface area (Å²) in [6, 6.07) is 15.4. The fraction of sp³-hybridized carbons (Fsp3) is 0.273. The minimum atomic E-state index is -0.0719. The number of hydrogen-bond acceptors (Lipinski definition) is 3. The third-order valence-corrected chi connectivity index (χ3v) is 4.39. The van der Waals surface area contributed by atoms with Gasteiger partial charge in [-0.15, -0.1) is 0 Å². The van der Waals surface area contributed by atoms with E-state index in [4.69, 9.17) is 4.42 Å². The van der Waals surface area contributed by atoms with Gasteiger partial charge in [-0.25, -0.2) is 0 Å². The lowest BCUT2D eigenvalue weighted by Gasteiger charge is -2.22. The molecular weight excluding hydrogens is 326 g/mol. The van der Waals surface area contributed by atoms with Gasteiger partial charge in [0, 0.05) is 13.0 Å². The zero-order chi connectivity index (χ0) is 18.5. The lowest BCUT2D eigenvalue weighted by atomic mass is 10.1. The summed E-state index contributed by atoms with van der Waals surface area (Å²) in [6.07, 6.45) is 2.72. The number of rotatable bonds is 6. The van der Waals surface area contributed by atoms with Crippen LogP contribution in [0.5, 0.6) is 0 Å². The van der Waals surface area contributed by atoms with E-state index in [1.165, 1.54) is 6.26 Å². The Morgan fingerprint density at radius 3 is 2.58 bits per heavy atom. The van der Waals surface area contributed by atoms with Gasteiger partial charge >= 0.3 is 0 Å². The van der Waals surface area contributed by atoms with Crippen LogP contribution in [0.3, 0.4) is 0 Å². The second kappa shape index (κ2) is 8.00. The first-order chi connectivity index (χ1) is 12.6. The topological polar surface area (TPSA) is 50.5 Å². The number of fused-ring (bicyclic) bond motifs is 1. The van der Waals surface area contributed by atoms with Gasteiger partial charge in [-0.05, 0) is 31.0 Å². The Balaban J connectivity index is 1.93. The molecule has 1 aromatic heterocycles. The molecule has 0 atom stereocenters. The maximum Gasteiger partial charge on any atom is 0.223 e. The van der Waals surface area contributed by atoms with Gasteiger partial charge in [-0.1, -0.05) is 48.9 Å². The highest BCUT2D eigenvalue weighted by Gasteiger charge is 2.17. The summed E-state index contributed by atoms with van der Waals surface area (Å²) >= 11 is 0. The van der Waals surface area contributed by atoms with Crippen molar-refractivity contribution in [3.05, 3.63) is 81.7 Å². The van der Waals surface area contributed by atoms with Gasteiger partial charge in [0.05, 0.1) is 23.8 Å². The van der Waals surface area contributed by atoms with Gasteiger partial charge in [0.1, 0.15) is 5.58 Å². The molecule has 3 aromatic rings. The minimum Gasteiger partial charge on any atom is -0.464 e. The van der Waals surface area contributed by atoms with Crippen LogP contribution in [0.4, 0.5) is 0 Å². The number of benzene rings is 2. The molecular formula is C22H23NO3. The Hall–Kier alpha value is -2.88. The normalized spacial score (nSPS) is 10.8. The first kappa shape index (κ1) is 17.9. The van der Waals surface area contributed by atoms with E-state index < -0.39 is 0 Å². The van der Waals surface area contributed by atoms with E-state index >= 15 is 0 Å². The Morgan fingerprint density at radius 2 is 1.85 bits per heavy atom. The van der Waals surface area contributed by atoms with Crippen molar-refractivity contribution in [2.45, 2.75) is 39.8 Å². The first-order valence-electron chi connectivity index (χ1n) is 8.91. The lowest BCUT2D eigenvalue weighted by Crippen LogP contribution is -2.31. The highest BCUT2D eigenvalue weighted by Crippen LogP contribution is 2.16. The molecule has 4 heteroatoms. The van der Waals surface area contributed by atoms with E-state index in [-0.39, 0.29) is 17.9 Å². The Bertz CT molecular complexity index is 960. The van der Waals surface area contributed by atoms with E-state index in [2.05, 4.69) is 0 Å². The average Bonchev–Trinajstić information content (AvgIpc) is 2.65. The highest BCUT2D eigenvalue weighted by molar-refractivity contribution is 5.78. The summed E-state index contributed by atoms with van der Waals surface area (Å²) in [5.74, 6) is 0.0418. The van der Waals surface area contributed by atoms with E-state index in [9.17, 15) is 9.59 Å². The first-order valence-corrected chi connectivity index (χ1v) is 8.91. The molecule has 0 unspecified atom stereocenters. The van der Waals surface area contributed by atoms with Crippen LogP contribution in [-0.4, -0.2) is 10.8 Å². The van der Waals surface area contributed by atoms with E-state index in [0.717, 1.165) is 17.5 Å². The SMILES string of the molecule is CCCC(=O)N(Cc1ccccc1)Cc1coc2ccc(C)cc2c1=O. The molecule has 0 saturated carbocycles. The van der Waals surface area contributed by atoms with Crippen molar-refractivity contribution < 1.29 is 9.21 Å². The average molecular weight is 349 g/mol. The van der Waals surface area contributed by atoms with Gasteiger partial charge in [-0.3, -0.25) is 9.59 Å². The molecule has 3 rings (SSSR count). The van der Waals surface area contributed by atoms with E-state index in [1.807, 2.05) is 56.3 Å². The third kappa shape index (κ3) is 4.02. The molecule has 0 saturated heterocycles. The van der Waals surface area contributed by atoms with E-state index in [0.29, 0.717) is 29.5 Å². The molecule has 134 valence electrons. The fourth-order valence-corrected chi connectivity index (χ4v) is 3.01. The monoisotopic (exact) mass is 349 g/mol. The maximum absolute atomic E-state index is 12.9. The van der Waals surface area contributed by atoms with Gasteiger partial charge in [-0.2, -0.15) is 0 Å². The van der Waals surface area contributed by atoms with Crippen LogP contribution in [0.2, 0.25) is 0 Å². The van der Waals surface area contributed by atoms with Crippen LogP contribution in [0, 0.1) is 6.92 Å². The van der Waals surface area contributed by atoms with Crippen molar-refractivity contribution >= 4 is 16.9 Å². The molecule has 26 heavy (non-hydrogen) atoms. The molecule has 1 heterocycles. The van der Waals surface area contributed by atoms with Crippen LogP contribution in [0.25, 0.3) is 11.0 Å². The van der Waals surface area contributed by atoms with Gasteiger partial charge in [0.2, 0.25) is 5.91 Å². The molecule has 0 radical (unpaired) electrons. The minimum absolute atomic E-state index is 0.0418. The van der Waals surface area contributed by atoms with Crippen molar-refractivity contribution in [1.29, 1.82) is 0 Å². The van der Waals surface area contributed by atoms with Crippen LogP contribution in [-0.2, 0) is 17.9 Å². The molecule has 4 nitrogen and oxygen atoms in total. The predicted molar refractivity (Wildman–Crippen MR) is 103 cm³/mol. The molecule has 0 aliphatic rings. The Morgan fingerprint density at radius 1 is 1.08 bits per heavy atom. The Labute approximate surface area is 153 Å². The van der Waals surface area contributed by atoms with Crippen LogP contribution in [0.15, 0.2) is 64.0 Å². The van der Waals surface area contributed by atoms with Crippen molar-refractivity contribution in [3.8, 4) is 0 Å². The molecule has 0 aliphatic carbocycles. The zero-order valence-electron chi connectivity index (χ0n) is 15.2. The largest absolute Gasteiger partial charge is 0.464 e. The van der Waals surface area contributed by atoms with Crippen molar-refractivity contribution in [3.63, 3.8) is 0 Å². The standard InChI is InChI=1S/C22H23NO3/c1-3-7-21(24)23(13-17-8-5-4-6-9-17)14-18-15-26-20-11-10-16(2)12-19(20)22(18)25/h4-6,8-12,15H,3,7,13-14H2,1-2H3. The summed E-state index contributed by atoms with van der Waals surface area (Å²) < 4.78 is 5.63. The van der Waals surface area contributed by atoms with Gasteiger partial charge < -0.3 is 9.32 Å². The van der Waals surface area contributed by atoms with Crippen molar-refractivity contribution in [2.75, 3.05) is 0 Å². The number of carbonyl (C=O) groups is 1. The summed E-state index contributed by atoms with van der Waals surface area (Å²) in [7, 11) is 0. The fourth-order valence-electron chi connectivity index (χ4n) is 3.01. The number of nitrogens with zero attached hydrogens (tertiary/aromatic N) is 1. The predicted octanol–water partition coefficient (Wildman–Crippen LogP) is 4.43. The molecule has 0 N–H and O–H groups in total. The smallest absolute Gasteiger partial charge is 0.223 e. The van der Waals surface area contributed by atoms with Crippen LogP contribution >= 0.6 is 0 Å². The molecule has 2 aromatic carbocycles. The quantitative estimate of drug-likeness (QED) is 0.661. The Kier molecular flexibility index (Phi) is 5.52. The number of amides is 1. The summed E-state index contributed by atoms with van der Waals surface area (Å²) in [6.45, 7) is 4.65. The van der Waals surface area contributed by atoms with Crippen molar-refractivity contribution in [1.82, 2.24) is 4.90 Å². The number of carbonyl (C=O) groups excluding carboxylic acids is 1. The van der Waals surface area contributed by atoms with Gasteiger partial charge in [0.15, 0.2) is 5.43 Å². The second-order valence-electron chi connectivity index (χ2n) is 6.58. The lowest BCUT2D eigenvalue weighted by molar-refractivity contribution is -0.132. The summed E-state index contributed by atoms with van der Waals surface area (Å²) in [5, 5.41) is 0.560. The molecule has 0 spiro atoms. The molecule has 0 fully saturated rings. The van der Waals surface area contributed by atoms with Crippen molar-refractivity contribution in [2.24, 2.45) is 0 Å². The van der Waals surface area contributed by atoms with Gasteiger partial charge in [0.25, 0.3) is 0 Å². The molecule has 0 aliphatic heterocycles. The van der Waals surface area contributed by atoms with E-state index in [1.54, 1.807) is 11.0 Å². The maximum atomic E-state index is 12.9. The highest BCUT2D eigenvalue weighted by atomic mass is 16.3. The zero-order valence-corrected chi connectivity index (χ0v) is 15.2. The molecule has 0 bridgehead atoms.